The molecule has 82 valence electrons. The van der Waals surface area contributed by atoms with Gasteiger partial charge in [0.1, 0.15) is 12.3 Å². The summed E-state index contributed by atoms with van der Waals surface area (Å²) in [4.78, 5) is 19.7. The van der Waals surface area contributed by atoms with E-state index in [9.17, 15) is 9.59 Å². The van der Waals surface area contributed by atoms with Crippen LogP contribution in [0.1, 0.15) is 10.4 Å². The summed E-state index contributed by atoms with van der Waals surface area (Å²) >= 11 is 0. The molecule has 0 aliphatic rings. The molecule has 0 bridgehead atoms. The largest absolute Gasteiger partial charge is 0.480 e. The number of aldehydes is 1. The molecule has 0 radical (unpaired) electrons. The number of nitrogens with two attached hydrogens (primary N) is 1. The Hall–Kier alpha value is -1.72. The third kappa shape index (κ3) is 6.36. The Balaban J connectivity index is 0.000000265. The average Bonchev–Trinajstić information content (AvgIpc) is 2.29. The lowest BCUT2D eigenvalue weighted by atomic mass is 10.2. The standard InChI is InChI=1S/C7H6O.C3H7NO3/c8-6-7-4-2-1-3-5-7;4-2(1-5)3(6)7/h1-6H;2,5H,1,4H2,(H,6,7)/t;2-/m.0/s1. The molecule has 1 aromatic rings. The first-order valence-corrected chi connectivity index (χ1v) is 4.21. The van der Waals surface area contributed by atoms with Crippen molar-refractivity contribution in [1.82, 2.24) is 0 Å². The molecule has 0 spiro atoms. The molecule has 0 fully saturated rings. The zero-order valence-corrected chi connectivity index (χ0v) is 8.04. The number of rotatable bonds is 3. The molecular formula is C10H13NO4. The first kappa shape index (κ1) is 13.3. The predicted octanol–water partition coefficient (Wildman–Crippen LogP) is -0.110. The number of benzene rings is 1. The van der Waals surface area contributed by atoms with Crippen LogP contribution in [0.5, 0.6) is 0 Å². The molecule has 15 heavy (non-hydrogen) atoms. The molecule has 0 aliphatic heterocycles. The van der Waals surface area contributed by atoms with E-state index in [2.05, 4.69) is 0 Å². The summed E-state index contributed by atoms with van der Waals surface area (Å²) in [6, 6.07) is 7.97. The second kappa shape index (κ2) is 7.66. The van der Waals surface area contributed by atoms with Crippen molar-refractivity contribution in [2.75, 3.05) is 6.61 Å². The molecule has 1 atom stereocenters. The minimum atomic E-state index is -1.18. The molecule has 0 saturated carbocycles. The lowest BCUT2D eigenvalue weighted by Crippen LogP contribution is -2.33. The van der Waals surface area contributed by atoms with Crippen molar-refractivity contribution in [3.8, 4) is 0 Å². The van der Waals surface area contributed by atoms with E-state index in [4.69, 9.17) is 15.9 Å². The molecule has 1 rings (SSSR count). The van der Waals surface area contributed by atoms with E-state index in [1.54, 1.807) is 12.1 Å². The molecule has 0 unspecified atom stereocenters. The number of carbonyl (C=O) groups excluding carboxylic acids is 1. The van der Waals surface area contributed by atoms with Crippen LogP contribution in [0.3, 0.4) is 0 Å². The van der Waals surface area contributed by atoms with Crippen molar-refractivity contribution in [2.45, 2.75) is 6.04 Å². The number of aliphatic hydroxyl groups excluding tert-OH is 1. The molecule has 4 N–H and O–H groups in total. The highest BCUT2D eigenvalue weighted by Gasteiger charge is 2.06. The van der Waals surface area contributed by atoms with Gasteiger partial charge in [0.15, 0.2) is 0 Å². The summed E-state index contributed by atoms with van der Waals surface area (Å²) < 4.78 is 0. The first-order chi connectivity index (χ1) is 7.11. The van der Waals surface area contributed by atoms with Gasteiger partial charge in [0.25, 0.3) is 0 Å². The Morgan fingerprint density at radius 2 is 1.93 bits per heavy atom. The van der Waals surface area contributed by atoms with Crippen molar-refractivity contribution in [1.29, 1.82) is 0 Å². The fourth-order valence-corrected chi connectivity index (χ4v) is 0.610. The van der Waals surface area contributed by atoms with Gasteiger partial charge in [-0.1, -0.05) is 30.3 Å². The zero-order valence-electron chi connectivity index (χ0n) is 8.04. The number of aliphatic hydroxyl groups is 1. The third-order valence-electron chi connectivity index (χ3n) is 1.45. The summed E-state index contributed by atoms with van der Waals surface area (Å²) in [5.41, 5.74) is 5.50. The predicted molar refractivity (Wildman–Crippen MR) is 54.5 cm³/mol. The number of hydrogen-bond donors (Lipinski definition) is 3. The van der Waals surface area contributed by atoms with Crippen molar-refractivity contribution in [3.05, 3.63) is 35.9 Å². The Morgan fingerprint density at radius 1 is 1.40 bits per heavy atom. The van der Waals surface area contributed by atoms with Gasteiger partial charge in [0.05, 0.1) is 6.61 Å². The Kier molecular flexibility index (Phi) is 6.78. The fourth-order valence-electron chi connectivity index (χ4n) is 0.610. The number of carboxylic acids is 1. The molecule has 0 aliphatic carbocycles. The summed E-state index contributed by atoms with van der Waals surface area (Å²) in [6.07, 6.45) is 0.833. The van der Waals surface area contributed by atoms with Crippen LogP contribution in [0.2, 0.25) is 0 Å². The average molecular weight is 211 g/mol. The molecule has 1 aromatic carbocycles. The van der Waals surface area contributed by atoms with Gasteiger partial charge in [-0.3, -0.25) is 9.59 Å². The molecule has 0 heterocycles. The van der Waals surface area contributed by atoms with E-state index < -0.39 is 18.6 Å². The number of carboxylic acid groups (broad SMARTS) is 1. The second-order valence-electron chi connectivity index (χ2n) is 2.66. The van der Waals surface area contributed by atoms with E-state index >= 15 is 0 Å². The van der Waals surface area contributed by atoms with Crippen LogP contribution in [-0.4, -0.2) is 35.1 Å². The Labute approximate surface area is 87.1 Å². The van der Waals surface area contributed by atoms with Crippen LogP contribution in [0, 0.1) is 0 Å². The van der Waals surface area contributed by atoms with E-state index in [1.807, 2.05) is 18.2 Å². The smallest absolute Gasteiger partial charge is 0.322 e. The van der Waals surface area contributed by atoms with E-state index in [-0.39, 0.29) is 0 Å². The van der Waals surface area contributed by atoms with Crippen molar-refractivity contribution in [2.24, 2.45) is 5.73 Å². The molecular weight excluding hydrogens is 198 g/mol. The number of carbonyl (C=O) groups is 2. The van der Waals surface area contributed by atoms with Crippen LogP contribution in [0.25, 0.3) is 0 Å². The van der Waals surface area contributed by atoms with Gasteiger partial charge in [-0.2, -0.15) is 0 Å². The van der Waals surface area contributed by atoms with Gasteiger partial charge in [0.2, 0.25) is 0 Å². The summed E-state index contributed by atoms with van der Waals surface area (Å²) in [7, 11) is 0. The van der Waals surface area contributed by atoms with Gasteiger partial charge in [0, 0.05) is 5.56 Å². The fraction of sp³-hybridized carbons (Fsp3) is 0.200. The number of hydrogen-bond acceptors (Lipinski definition) is 4. The van der Waals surface area contributed by atoms with Gasteiger partial charge < -0.3 is 15.9 Å². The summed E-state index contributed by atoms with van der Waals surface area (Å²) in [5, 5.41) is 15.9. The lowest BCUT2D eigenvalue weighted by molar-refractivity contribution is -0.139. The van der Waals surface area contributed by atoms with Crippen LogP contribution in [0.4, 0.5) is 0 Å². The maximum atomic E-state index is 10.0. The molecule has 0 amide bonds. The second-order valence-corrected chi connectivity index (χ2v) is 2.66. The van der Waals surface area contributed by atoms with Crippen molar-refractivity contribution < 1.29 is 19.8 Å². The molecule has 5 nitrogen and oxygen atoms in total. The van der Waals surface area contributed by atoms with Gasteiger partial charge in [-0.15, -0.1) is 0 Å². The van der Waals surface area contributed by atoms with E-state index in [0.717, 1.165) is 11.8 Å². The van der Waals surface area contributed by atoms with Gasteiger partial charge in [-0.25, -0.2) is 0 Å². The maximum absolute atomic E-state index is 10.0. The van der Waals surface area contributed by atoms with Crippen LogP contribution in [-0.2, 0) is 4.79 Å². The minimum absolute atomic E-state index is 0.505. The van der Waals surface area contributed by atoms with Crippen LogP contribution < -0.4 is 5.73 Å². The first-order valence-electron chi connectivity index (χ1n) is 4.21. The lowest BCUT2D eigenvalue weighted by Gasteiger charge is -1.96. The van der Waals surface area contributed by atoms with Crippen molar-refractivity contribution in [3.63, 3.8) is 0 Å². The highest BCUT2D eigenvalue weighted by Crippen LogP contribution is 1.91. The van der Waals surface area contributed by atoms with Gasteiger partial charge in [-0.05, 0) is 0 Å². The quantitative estimate of drug-likeness (QED) is 0.605. The highest BCUT2D eigenvalue weighted by molar-refractivity contribution is 5.74. The SMILES string of the molecule is N[C@@H](CO)C(=O)O.O=Cc1ccccc1. The van der Waals surface area contributed by atoms with E-state index in [1.165, 1.54) is 0 Å². The topological polar surface area (TPSA) is 101 Å². The molecule has 0 saturated heterocycles. The van der Waals surface area contributed by atoms with Gasteiger partial charge >= 0.3 is 5.97 Å². The Bertz CT molecular complexity index is 300. The minimum Gasteiger partial charge on any atom is -0.480 e. The molecule has 5 heteroatoms. The Morgan fingerprint density at radius 3 is 2.13 bits per heavy atom. The summed E-state index contributed by atoms with van der Waals surface area (Å²) in [6.45, 7) is -0.505. The third-order valence-corrected chi connectivity index (χ3v) is 1.45. The number of aliphatic carboxylic acids is 1. The maximum Gasteiger partial charge on any atom is 0.322 e. The zero-order chi connectivity index (χ0) is 11.7. The van der Waals surface area contributed by atoms with Crippen LogP contribution >= 0.6 is 0 Å². The summed E-state index contributed by atoms with van der Waals surface area (Å²) in [5.74, 6) is -1.18. The van der Waals surface area contributed by atoms with Crippen LogP contribution in [0.15, 0.2) is 30.3 Å². The molecule has 0 aromatic heterocycles. The highest BCUT2D eigenvalue weighted by atomic mass is 16.4. The monoisotopic (exact) mass is 211 g/mol. The van der Waals surface area contributed by atoms with Crippen molar-refractivity contribution >= 4 is 12.3 Å². The normalized spacial score (nSPS) is 10.8. The van der Waals surface area contributed by atoms with E-state index in [0.29, 0.717) is 0 Å².